The number of hydrogen-bond acceptors (Lipinski definition) is 3. The van der Waals surface area contributed by atoms with E-state index in [1.54, 1.807) is 10.6 Å². The maximum Gasteiger partial charge on any atom is 0.356 e. The number of carbonyl (C=O) groups is 1. The summed E-state index contributed by atoms with van der Waals surface area (Å²) >= 11 is 0. The Bertz CT molecular complexity index is 505. The van der Waals surface area contributed by atoms with Gasteiger partial charge >= 0.3 is 5.97 Å². The van der Waals surface area contributed by atoms with Crippen LogP contribution in [-0.2, 0) is 0 Å². The molecule has 15 heavy (non-hydrogen) atoms. The van der Waals surface area contributed by atoms with Gasteiger partial charge < -0.3 is 5.11 Å². The minimum atomic E-state index is -1.04. The molecule has 2 heterocycles. The van der Waals surface area contributed by atoms with E-state index < -0.39 is 5.97 Å². The van der Waals surface area contributed by atoms with E-state index in [9.17, 15) is 4.79 Å². The summed E-state index contributed by atoms with van der Waals surface area (Å²) in [6.45, 7) is 1.87. The molecule has 0 aromatic carbocycles. The Hall–Kier alpha value is -2.17. The van der Waals surface area contributed by atoms with Crippen molar-refractivity contribution in [2.75, 3.05) is 0 Å². The molecule has 0 radical (unpaired) electrons. The predicted octanol–water partition coefficient (Wildman–Crippen LogP) is 1.27. The molecule has 1 N–H and O–H groups in total. The Labute approximate surface area is 86.0 Å². The summed E-state index contributed by atoms with van der Waals surface area (Å²) in [5.74, 6) is -0.378. The Morgan fingerprint density at radius 1 is 1.47 bits per heavy atom. The van der Waals surface area contributed by atoms with Crippen molar-refractivity contribution in [2.45, 2.75) is 6.92 Å². The standard InChI is InChI=1S/C10H9N3O2/c1-7-3-2-4-9(12-7)13-5-8(10(14)15)11-6-13/h2-6H,1H3,(H,14,15). The lowest BCUT2D eigenvalue weighted by Gasteiger charge is -2.00. The number of carboxylic acids is 1. The molecule has 5 heteroatoms. The monoisotopic (exact) mass is 203 g/mol. The highest BCUT2D eigenvalue weighted by atomic mass is 16.4. The van der Waals surface area contributed by atoms with Crippen molar-refractivity contribution < 1.29 is 9.90 Å². The van der Waals surface area contributed by atoms with Crippen LogP contribution >= 0.6 is 0 Å². The molecule has 0 aliphatic carbocycles. The molecular formula is C10H9N3O2. The first kappa shape index (κ1) is 9.39. The second-order valence-corrected chi connectivity index (χ2v) is 3.11. The number of aromatic nitrogens is 3. The average Bonchev–Trinajstić information content (AvgIpc) is 2.66. The highest BCUT2D eigenvalue weighted by molar-refractivity contribution is 5.85. The van der Waals surface area contributed by atoms with Crippen molar-refractivity contribution in [2.24, 2.45) is 0 Å². The summed E-state index contributed by atoms with van der Waals surface area (Å²) in [5, 5.41) is 8.70. The topological polar surface area (TPSA) is 68.0 Å². The highest BCUT2D eigenvalue weighted by Crippen LogP contribution is 2.06. The fourth-order valence-electron chi connectivity index (χ4n) is 1.23. The molecule has 0 saturated heterocycles. The number of aryl methyl sites for hydroxylation is 1. The number of pyridine rings is 1. The average molecular weight is 203 g/mol. The lowest BCUT2D eigenvalue weighted by Crippen LogP contribution is -1.97. The molecule has 0 aliphatic heterocycles. The van der Waals surface area contributed by atoms with Crippen LogP contribution in [0.25, 0.3) is 5.82 Å². The van der Waals surface area contributed by atoms with Crippen LogP contribution in [0.15, 0.2) is 30.7 Å². The first-order chi connectivity index (χ1) is 7.16. The molecule has 0 fully saturated rings. The molecule has 2 aromatic rings. The molecule has 5 nitrogen and oxygen atoms in total. The Balaban J connectivity index is 2.41. The third-order valence-electron chi connectivity index (χ3n) is 1.94. The summed E-state index contributed by atoms with van der Waals surface area (Å²) in [4.78, 5) is 18.6. The van der Waals surface area contributed by atoms with Crippen LogP contribution in [-0.4, -0.2) is 25.6 Å². The normalized spacial score (nSPS) is 10.2. The van der Waals surface area contributed by atoms with Crippen LogP contribution in [0.1, 0.15) is 16.2 Å². The zero-order chi connectivity index (χ0) is 10.8. The van der Waals surface area contributed by atoms with E-state index in [1.807, 2.05) is 19.1 Å². The largest absolute Gasteiger partial charge is 0.476 e. The zero-order valence-electron chi connectivity index (χ0n) is 8.08. The van der Waals surface area contributed by atoms with Gasteiger partial charge in [0.1, 0.15) is 12.1 Å². The lowest BCUT2D eigenvalue weighted by atomic mass is 10.4. The Morgan fingerprint density at radius 2 is 2.27 bits per heavy atom. The van der Waals surface area contributed by atoms with Crippen molar-refractivity contribution in [1.82, 2.24) is 14.5 Å². The van der Waals surface area contributed by atoms with Crippen LogP contribution in [0, 0.1) is 6.92 Å². The van der Waals surface area contributed by atoms with Crippen molar-refractivity contribution in [3.63, 3.8) is 0 Å². The molecule has 0 saturated carbocycles. The molecular weight excluding hydrogens is 194 g/mol. The molecule has 0 unspecified atom stereocenters. The molecule has 76 valence electrons. The molecule has 2 rings (SSSR count). The Kier molecular flexibility index (Phi) is 2.21. The summed E-state index contributed by atoms with van der Waals surface area (Å²) in [6, 6.07) is 5.52. The number of hydrogen-bond donors (Lipinski definition) is 1. The highest BCUT2D eigenvalue weighted by Gasteiger charge is 2.07. The lowest BCUT2D eigenvalue weighted by molar-refractivity contribution is 0.0691. The molecule has 0 spiro atoms. The molecule has 0 bridgehead atoms. The van der Waals surface area contributed by atoms with Gasteiger partial charge in [0.05, 0.1) is 0 Å². The quantitative estimate of drug-likeness (QED) is 0.798. The fraction of sp³-hybridized carbons (Fsp3) is 0.100. The van der Waals surface area contributed by atoms with Gasteiger partial charge in [0.2, 0.25) is 0 Å². The fourth-order valence-corrected chi connectivity index (χ4v) is 1.23. The van der Waals surface area contributed by atoms with Gasteiger partial charge in [-0.1, -0.05) is 6.07 Å². The van der Waals surface area contributed by atoms with E-state index in [0.717, 1.165) is 5.69 Å². The minimum absolute atomic E-state index is 0.0123. The predicted molar refractivity (Wildman–Crippen MR) is 53.1 cm³/mol. The second-order valence-electron chi connectivity index (χ2n) is 3.11. The molecule has 0 aliphatic rings. The van der Waals surface area contributed by atoms with Gasteiger partial charge in [0.25, 0.3) is 0 Å². The van der Waals surface area contributed by atoms with Crippen molar-refractivity contribution in [3.8, 4) is 5.82 Å². The van der Waals surface area contributed by atoms with E-state index in [2.05, 4.69) is 9.97 Å². The first-order valence-corrected chi connectivity index (χ1v) is 4.38. The van der Waals surface area contributed by atoms with Crippen molar-refractivity contribution in [3.05, 3.63) is 42.1 Å². The van der Waals surface area contributed by atoms with Crippen molar-refractivity contribution >= 4 is 5.97 Å². The van der Waals surface area contributed by atoms with Crippen molar-refractivity contribution in [1.29, 1.82) is 0 Å². The minimum Gasteiger partial charge on any atom is -0.476 e. The third-order valence-corrected chi connectivity index (χ3v) is 1.94. The number of carboxylic acid groups (broad SMARTS) is 1. The smallest absolute Gasteiger partial charge is 0.356 e. The zero-order valence-corrected chi connectivity index (χ0v) is 8.08. The van der Waals surface area contributed by atoms with E-state index in [1.165, 1.54) is 12.5 Å². The van der Waals surface area contributed by atoms with Crippen LogP contribution in [0.2, 0.25) is 0 Å². The SMILES string of the molecule is Cc1cccc(-n2cnc(C(=O)O)c2)n1. The number of rotatable bonds is 2. The maximum atomic E-state index is 10.6. The second kappa shape index (κ2) is 3.53. The van der Waals surface area contributed by atoms with E-state index in [4.69, 9.17) is 5.11 Å². The number of aromatic carboxylic acids is 1. The van der Waals surface area contributed by atoms with Gasteiger partial charge in [-0.2, -0.15) is 0 Å². The van der Waals surface area contributed by atoms with Crippen LogP contribution in [0.3, 0.4) is 0 Å². The maximum absolute atomic E-state index is 10.6. The number of imidazole rings is 1. The van der Waals surface area contributed by atoms with Gasteiger partial charge in [-0.25, -0.2) is 14.8 Å². The molecule has 2 aromatic heterocycles. The van der Waals surface area contributed by atoms with Gasteiger partial charge in [-0.05, 0) is 19.1 Å². The van der Waals surface area contributed by atoms with Gasteiger partial charge in [0, 0.05) is 11.9 Å². The van der Waals surface area contributed by atoms with Crippen LogP contribution < -0.4 is 0 Å². The summed E-state index contributed by atoms with van der Waals surface area (Å²) in [7, 11) is 0. The van der Waals surface area contributed by atoms with Gasteiger partial charge in [0.15, 0.2) is 5.69 Å². The summed E-state index contributed by atoms with van der Waals surface area (Å²) in [5.41, 5.74) is 0.886. The van der Waals surface area contributed by atoms with E-state index >= 15 is 0 Å². The molecule has 0 atom stereocenters. The summed E-state index contributed by atoms with van der Waals surface area (Å²) in [6.07, 6.45) is 2.87. The van der Waals surface area contributed by atoms with Crippen LogP contribution in [0.4, 0.5) is 0 Å². The van der Waals surface area contributed by atoms with E-state index in [0.29, 0.717) is 5.82 Å². The first-order valence-electron chi connectivity index (χ1n) is 4.38. The van der Waals surface area contributed by atoms with Crippen LogP contribution in [0.5, 0.6) is 0 Å². The molecule has 0 amide bonds. The Morgan fingerprint density at radius 3 is 2.87 bits per heavy atom. The van der Waals surface area contributed by atoms with Gasteiger partial charge in [-0.15, -0.1) is 0 Å². The third kappa shape index (κ3) is 1.85. The van der Waals surface area contributed by atoms with Gasteiger partial charge in [-0.3, -0.25) is 4.57 Å². The summed E-state index contributed by atoms with van der Waals surface area (Å²) < 4.78 is 1.58. The van der Waals surface area contributed by atoms with E-state index in [-0.39, 0.29) is 5.69 Å². The number of nitrogens with zero attached hydrogens (tertiary/aromatic N) is 3.